The fraction of sp³-hybridized carbons (Fsp3) is 0.625. The standard InChI is InChI=1S/C16H26O/c1-2-3-4-5-6-7-8-9-10-11-12-13-14-15-16-17/h3-4,13-15H,2,5-12H2,1H3/b4-3?,14-13-. The quantitative estimate of drug-likeness (QED) is 0.212. The molecule has 1 nitrogen and oxygen atoms in total. The van der Waals surface area contributed by atoms with E-state index in [-0.39, 0.29) is 0 Å². The van der Waals surface area contributed by atoms with E-state index in [2.05, 4.69) is 19.1 Å². The molecule has 0 spiro atoms. The van der Waals surface area contributed by atoms with E-state index in [0.717, 1.165) is 12.8 Å². The number of allylic oxidation sites excluding steroid dienone is 5. The normalized spacial score (nSPS) is 11.1. The molecule has 0 fully saturated rings. The highest BCUT2D eigenvalue weighted by Gasteiger charge is 1.89. The van der Waals surface area contributed by atoms with Crippen molar-refractivity contribution in [2.24, 2.45) is 0 Å². The lowest BCUT2D eigenvalue weighted by Gasteiger charge is -1.99. The van der Waals surface area contributed by atoms with Gasteiger partial charge >= 0.3 is 0 Å². The Morgan fingerprint density at radius 3 is 2.00 bits per heavy atom. The van der Waals surface area contributed by atoms with Crippen molar-refractivity contribution in [1.29, 1.82) is 0 Å². The van der Waals surface area contributed by atoms with Crippen LogP contribution in [0.15, 0.2) is 30.4 Å². The van der Waals surface area contributed by atoms with E-state index in [4.69, 9.17) is 0 Å². The highest BCUT2D eigenvalue weighted by molar-refractivity contribution is 5.48. The molecule has 0 saturated heterocycles. The summed E-state index contributed by atoms with van der Waals surface area (Å²) in [5.74, 6) is 1.74. The smallest absolute Gasteiger partial charge is 0.124 e. The molecule has 0 heterocycles. The molecule has 0 aromatic carbocycles. The van der Waals surface area contributed by atoms with E-state index >= 15 is 0 Å². The Bertz CT molecular complexity index is 244. The minimum absolute atomic E-state index is 1.08. The number of hydrogen-bond acceptors (Lipinski definition) is 1. The second kappa shape index (κ2) is 14.9. The van der Waals surface area contributed by atoms with Crippen molar-refractivity contribution in [2.45, 2.75) is 64.7 Å². The Labute approximate surface area is 106 Å². The highest BCUT2D eigenvalue weighted by atomic mass is 16.1. The molecule has 1 heteroatoms. The van der Waals surface area contributed by atoms with Crippen molar-refractivity contribution in [1.82, 2.24) is 0 Å². The first-order valence-electron chi connectivity index (χ1n) is 6.92. The van der Waals surface area contributed by atoms with Gasteiger partial charge in [0, 0.05) is 6.08 Å². The summed E-state index contributed by atoms with van der Waals surface area (Å²) >= 11 is 0. The molecule has 0 amide bonds. The summed E-state index contributed by atoms with van der Waals surface area (Å²) in [6, 6.07) is 0. The summed E-state index contributed by atoms with van der Waals surface area (Å²) < 4.78 is 0. The lowest BCUT2D eigenvalue weighted by molar-refractivity contribution is 0.569. The van der Waals surface area contributed by atoms with Crippen molar-refractivity contribution in [3.63, 3.8) is 0 Å². The number of carbonyl (C=O) groups excluding carboxylic acids is 1. The van der Waals surface area contributed by atoms with Crippen LogP contribution in [0, 0.1) is 0 Å². The van der Waals surface area contributed by atoms with Gasteiger partial charge in [-0.05, 0) is 32.1 Å². The number of rotatable bonds is 11. The van der Waals surface area contributed by atoms with Gasteiger partial charge in [0.2, 0.25) is 0 Å². The molecule has 0 aromatic rings. The van der Waals surface area contributed by atoms with Crippen molar-refractivity contribution in [3.8, 4) is 0 Å². The van der Waals surface area contributed by atoms with E-state index in [1.54, 1.807) is 12.0 Å². The zero-order valence-electron chi connectivity index (χ0n) is 11.2. The first kappa shape index (κ1) is 15.9. The van der Waals surface area contributed by atoms with Gasteiger partial charge in [0.05, 0.1) is 0 Å². The second-order valence-electron chi connectivity index (χ2n) is 4.29. The van der Waals surface area contributed by atoms with Crippen molar-refractivity contribution in [3.05, 3.63) is 30.4 Å². The maximum absolute atomic E-state index is 9.87. The first-order valence-corrected chi connectivity index (χ1v) is 6.92. The molecule has 0 aliphatic carbocycles. The van der Waals surface area contributed by atoms with Gasteiger partial charge in [0.15, 0.2) is 0 Å². The molecule has 0 N–H and O–H groups in total. The number of unbranched alkanes of at least 4 members (excludes halogenated alkanes) is 7. The Kier molecular flexibility index (Phi) is 14.0. The molecule has 0 unspecified atom stereocenters. The van der Waals surface area contributed by atoms with E-state index in [1.165, 1.54) is 51.0 Å². The monoisotopic (exact) mass is 234 g/mol. The van der Waals surface area contributed by atoms with Gasteiger partial charge < -0.3 is 0 Å². The summed E-state index contributed by atoms with van der Waals surface area (Å²) in [4.78, 5) is 9.87. The summed E-state index contributed by atoms with van der Waals surface area (Å²) in [5.41, 5.74) is 0. The van der Waals surface area contributed by atoms with Crippen molar-refractivity contribution < 1.29 is 4.79 Å². The predicted molar refractivity (Wildman–Crippen MR) is 75.8 cm³/mol. The van der Waals surface area contributed by atoms with Gasteiger partial charge in [-0.1, -0.05) is 56.9 Å². The van der Waals surface area contributed by atoms with E-state index in [9.17, 15) is 4.79 Å². The van der Waals surface area contributed by atoms with Gasteiger partial charge in [0.25, 0.3) is 0 Å². The third-order valence-electron chi connectivity index (χ3n) is 2.69. The largest absolute Gasteiger partial charge is 0.234 e. The minimum atomic E-state index is 1.08. The lowest BCUT2D eigenvalue weighted by Crippen LogP contribution is -1.79. The third kappa shape index (κ3) is 14.9. The molecule has 0 aliphatic heterocycles. The van der Waals surface area contributed by atoms with Crippen LogP contribution in [-0.2, 0) is 4.79 Å². The molecule has 0 aliphatic rings. The third-order valence-corrected chi connectivity index (χ3v) is 2.69. The molecular weight excluding hydrogens is 208 g/mol. The maximum Gasteiger partial charge on any atom is 0.124 e. The Morgan fingerprint density at radius 1 is 0.824 bits per heavy atom. The Morgan fingerprint density at radius 2 is 1.41 bits per heavy atom. The molecule has 0 atom stereocenters. The molecule has 96 valence electrons. The average molecular weight is 234 g/mol. The summed E-state index contributed by atoms with van der Waals surface area (Å²) in [6.45, 7) is 2.18. The van der Waals surface area contributed by atoms with Gasteiger partial charge in [-0.2, -0.15) is 0 Å². The van der Waals surface area contributed by atoms with Gasteiger partial charge in [-0.3, -0.25) is 0 Å². The van der Waals surface area contributed by atoms with Crippen LogP contribution in [0.3, 0.4) is 0 Å². The number of hydrogen-bond donors (Lipinski definition) is 0. The van der Waals surface area contributed by atoms with Crippen LogP contribution in [0.1, 0.15) is 64.7 Å². The topological polar surface area (TPSA) is 17.1 Å². The predicted octanol–water partition coefficient (Wildman–Crippen LogP) is 5.02. The minimum Gasteiger partial charge on any atom is -0.234 e. The Hall–Kier alpha value is -1.07. The van der Waals surface area contributed by atoms with Crippen LogP contribution < -0.4 is 0 Å². The molecule has 0 radical (unpaired) electrons. The van der Waals surface area contributed by atoms with Crippen molar-refractivity contribution in [2.75, 3.05) is 0 Å². The molecular formula is C16H26O. The van der Waals surface area contributed by atoms with Crippen LogP contribution >= 0.6 is 0 Å². The summed E-state index contributed by atoms with van der Waals surface area (Å²) in [5, 5.41) is 0. The molecule has 0 aromatic heterocycles. The van der Waals surface area contributed by atoms with E-state index in [0.29, 0.717) is 0 Å². The van der Waals surface area contributed by atoms with Crippen LogP contribution in [0.25, 0.3) is 0 Å². The van der Waals surface area contributed by atoms with Crippen LogP contribution in [0.4, 0.5) is 0 Å². The Balaban J connectivity index is 3.08. The first-order chi connectivity index (χ1) is 8.41. The fourth-order valence-corrected chi connectivity index (χ4v) is 1.72. The van der Waals surface area contributed by atoms with Gasteiger partial charge in [0.1, 0.15) is 5.94 Å². The van der Waals surface area contributed by atoms with Gasteiger partial charge in [-0.25, -0.2) is 4.79 Å². The average Bonchev–Trinajstić information content (AvgIpc) is 2.35. The van der Waals surface area contributed by atoms with Crippen LogP contribution in [-0.4, -0.2) is 5.94 Å². The molecule has 0 saturated carbocycles. The molecule has 0 bridgehead atoms. The molecule has 17 heavy (non-hydrogen) atoms. The van der Waals surface area contributed by atoms with E-state index in [1.807, 2.05) is 6.08 Å². The van der Waals surface area contributed by atoms with Crippen LogP contribution in [0.2, 0.25) is 0 Å². The second-order valence-corrected chi connectivity index (χ2v) is 4.29. The zero-order chi connectivity index (χ0) is 12.6. The fourth-order valence-electron chi connectivity index (χ4n) is 1.72. The molecule has 0 rings (SSSR count). The van der Waals surface area contributed by atoms with E-state index < -0.39 is 0 Å². The SMILES string of the molecule is CCC=CCCCCCCCC/C=C\C=C=O. The zero-order valence-corrected chi connectivity index (χ0v) is 11.2. The summed E-state index contributed by atoms with van der Waals surface area (Å²) in [7, 11) is 0. The van der Waals surface area contributed by atoms with Crippen LogP contribution in [0.5, 0.6) is 0 Å². The highest BCUT2D eigenvalue weighted by Crippen LogP contribution is 2.09. The maximum atomic E-state index is 9.87. The summed E-state index contributed by atoms with van der Waals surface area (Å²) in [6.07, 6.45) is 21.2. The van der Waals surface area contributed by atoms with Crippen molar-refractivity contribution >= 4 is 5.94 Å². The lowest BCUT2D eigenvalue weighted by atomic mass is 10.1. The van der Waals surface area contributed by atoms with Gasteiger partial charge in [-0.15, -0.1) is 0 Å².